The first-order chi connectivity index (χ1) is 34.8. The lowest BCUT2D eigenvalue weighted by Crippen LogP contribution is -1.93. The van der Waals surface area contributed by atoms with Gasteiger partial charge < -0.3 is 17.6 Å². The third-order valence-corrected chi connectivity index (χ3v) is 16.8. The van der Waals surface area contributed by atoms with Crippen molar-refractivity contribution in [1.82, 2.24) is 17.6 Å². The number of rotatable bonds is 2. The lowest BCUT2D eigenvalue weighted by molar-refractivity contribution is 1.36. The topological polar surface area (TPSA) is 17.6 Å². The molecule has 0 unspecified atom stereocenters. The molecule has 11 aromatic carbocycles. The Bertz CT molecular complexity index is 5170. The van der Waals surface area contributed by atoms with Crippen LogP contribution in [0.3, 0.4) is 0 Å². The van der Waals surface area contributed by atoms with E-state index in [0.29, 0.717) is 0 Å². The van der Waals surface area contributed by atoms with Crippen LogP contribution in [0.15, 0.2) is 206 Å². The Hall–Kier alpha value is -9.38. The van der Waals surface area contributed by atoms with Crippen LogP contribution in [-0.4, -0.2) is 17.6 Å². The summed E-state index contributed by atoms with van der Waals surface area (Å²) in [4.78, 5) is 0. The molecule has 0 saturated carbocycles. The highest BCUT2D eigenvalue weighted by Gasteiger charge is 2.34. The molecule has 0 radical (unpaired) electrons. The van der Waals surface area contributed by atoms with Gasteiger partial charge in [0.25, 0.3) is 0 Å². The first-order valence-corrected chi connectivity index (χ1v) is 24.5. The van der Waals surface area contributed by atoms with Crippen molar-refractivity contribution in [3.63, 3.8) is 0 Å². The van der Waals surface area contributed by atoms with Crippen molar-refractivity contribution in [2.45, 2.75) is 0 Å². The summed E-state index contributed by atoms with van der Waals surface area (Å²) in [7, 11) is 0. The molecule has 0 spiro atoms. The SMILES string of the molecule is c1ccc(-c2c3c4cc5c6cccc7c8ccccc8n(c76)c5c5c6ccccc6n(c3c(-c3ccccc3)c3c6cc7c8cccc9c%10ccccc%10n(c98)c7c7c8ccccc8n(c23)c67)c45)cc1. The van der Waals surface area contributed by atoms with Gasteiger partial charge in [0.15, 0.2) is 0 Å². The fraction of sp³-hybridized carbons (Fsp3) is 0. The van der Waals surface area contributed by atoms with Crippen LogP contribution in [0, 0.1) is 0 Å². The number of nitrogens with zero attached hydrogens (tertiary/aromatic N) is 4. The van der Waals surface area contributed by atoms with Crippen molar-refractivity contribution in [3.8, 4) is 22.3 Å². The zero-order chi connectivity index (χ0) is 44.8. The van der Waals surface area contributed by atoms with E-state index in [1.165, 1.54) is 175 Å². The standard InChI is InChI=1S/C66H34N4/c1-3-17-35(18-4-1)53-55-47-33-45-41-27-15-25-39-37-21-7-11-29-49(37)67(59(39)41)61(45)57-44-24-10-14-32-52(44)70(63(47)57)66(55)54(36-19-5-2-6-20-36)56-48-34-46-42-28-16-26-40-38-22-8-12-30-50(38)68(60(40)42)62(46)58-43-23-9-13-31-51(43)69(64(48)58)65(53)56/h1-34H. The summed E-state index contributed by atoms with van der Waals surface area (Å²) in [5.74, 6) is 0. The number of hydrogen-bond acceptors (Lipinski definition) is 0. The largest absolute Gasteiger partial charge is 0.307 e. The minimum atomic E-state index is 1.22. The molecule has 0 saturated heterocycles. The van der Waals surface area contributed by atoms with Gasteiger partial charge in [-0.2, -0.15) is 0 Å². The Labute approximate surface area is 396 Å². The van der Waals surface area contributed by atoms with Crippen LogP contribution >= 0.6 is 0 Å². The third-order valence-electron chi connectivity index (χ3n) is 16.8. The van der Waals surface area contributed by atoms with E-state index in [1.807, 2.05) is 0 Å². The second-order valence-corrected chi connectivity index (χ2v) is 19.8. The predicted molar refractivity (Wildman–Crippen MR) is 296 cm³/mol. The van der Waals surface area contributed by atoms with Crippen molar-refractivity contribution >= 4 is 152 Å². The van der Waals surface area contributed by atoms with Gasteiger partial charge in [-0.3, -0.25) is 0 Å². The lowest BCUT2D eigenvalue weighted by Gasteiger charge is -2.16. The number of benzene rings is 11. The van der Waals surface area contributed by atoms with Crippen LogP contribution in [0.2, 0.25) is 0 Å². The zero-order valence-electron chi connectivity index (χ0n) is 37.4. The maximum atomic E-state index is 2.67. The second-order valence-electron chi connectivity index (χ2n) is 19.8. The molecule has 0 aliphatic carbocycles. The van der Waals surface area contributed by atoms with Gasteiger partial charge in [-0.15, -0.1) is 0 Å². The molecular formula is C66H34N4. The molecule has 8 heterocycles. The number of fused-ring (bicyclic) bond motifs is 26. The quantitative estimate of drug-likeness (QED) is 0.165. The molecule has 19 rings (SSSR count). The fourth-order valence-corrected chi connectivity index (χ4v) is 14.4. The number of aromatic nitrogens is 4. The van der Waals surface area contributed by atoms with Crippen LogP contribution in [0.25, 0.3) is 175 Å². The van der Waals surface area contributed by atoms with Gasteiger partial charge in [0.1, 0.15) is 0 Å². The Morgan fingerprint density at radius 3 is 0.900 bits per heavy atom. The summed E-state index contributed by atoms with van der Waals surface area (Å²) in [6.07, 6.45) is 0. The summed E-state index contributed by atoms with van der Waals surface area (Å²) in [5.41, 5.74) is 20.2. The van der Waals surface area contributed by atoms with Gasteiger partial charge in [0.05, 0.1) is 66.2 Å². The maximum absolute atomic E-state index is 2.67. The van der Waals surface area contributed by atoms with Gasteiger partial charge in [-0.25, -0.2) is 0 Å². The molecular weight excluding hydrogens is 849 g/mol. The van der Waals surface area contributed by atoms with Crippen LogP contribution < -0.4 is 0 Å². The molecule has 0 fully saturated rings. The van der Waals surface area contributed by atoms with Crippen LogP contribution in [0.1, 0.15) is 0 Å². The van der Waals surface area contributed by atoms with Gasteiger partial charge in [0.2, 0.25) is 0 Å². The van der Waals surface area contributed by atoms with E-state index in [4.69, 9.17) is 0 Å². The summed E-state index contributed by atoms with van der Waals surface area (Å²) >= 11 is 0. The van der Waals surface area contributed by atoms with Gasteiger partial charge in [0, 0.05) is 97.3 Å². The molecule has 0 aliphatic heterocycles. The molecule has 70 heavy (non-hydrogen) atoms. The fourth-order valence-electron chi connectivity index (χ4n) is 14.4. The molecule has 4 nitrogen and oxygen atoms in total. The lowest BCUT2D eigenvalue weighted by atomic mass is 9.88. The Morgan fingerprint density at radius 1 is 0.186 bits per heavy atom. The van der Waals surface area contributed by atoms with E-state index in [1.54, 1.807) is 0 Å². The van der Waals surface area contributed by atoms with Crippen LogP contribution in [0.5, 0.6) is 0 Å². The van der Waals surface area contributed by atoms with E-state index >= 15 is 0 Å². The normalized spacial score (nSPS) is 13.1. The van der Waals surface area contributed by atoms with Gasteiger partial charge in [-0.1, -0.05) is 170 Å². The molecule has 0 bridgehead atoms. The molecule has 0 aliphatic rings. The van der Waals surface area contributed by atoms with Gasteiger partial charge >= 0.3 is 0 Å². The van der Waals surface area contributed by atoms with E-state index in [0.717, 1.165) is 0 Å². The van der Waals surface area contributed by atoms with E-state index in [-0.39, 0.29) is 0 Å². The first-order valence-electron chi connectivity index (χ1n) is 24.5. The summed E-state index contributed by atoms with van der Waals surface area (Å²) in [6.45, 7) is 0. The second kappa shape index (κ2) is 11.6. The van der Waals surface area contributed by atoms with E-state index < -0.39 is 0 Å². The Kier molecular flexibility index (Phi) is 5.80. The van der Waals surface area contributed by atoms with E-state index in [9.17, 15) is 0 Å². The van der Waals surface area contributed by atoms with Crippen molar-refractivity contribution in [1.29, 1.82) is 0 Å². The monoisotopic (exact) mass is 882 g/mol. The highest BCUT2D eigenvalue weighted by atomic mass is 15.0. The van der Waals surface area contributed by atoms with Crippen LogP contribution in [-0.2, 0) is 0 Å². The summed E-state index contributed by atoms with van der Waals surface area (Å²) < 4.78 is 10.5. The van der Waals surface area contributed by atoms with Crippen molar-refractivity contribution in [3.05, 3.63) is 206 Å². The molecule has 19 aromatic rings. The Morgan fingerprint density at radius 2 is 0.486 bits per heavy atom. The maximum Gasteiger partial charge on any atom is 0.0642 e. The molecule has 0 N–H and O–H groups in total. The average molecular weight is 883 g/mol. The first kappa shape index (κ1) is 34.9. The van der Waals surface area contributed by atoms with Crippen LogP contribution in [0.4, 0.5) is 0 Å². The molecule has 4 heteroatoms. The van der Waals surface area contributed by atoms with Crippen molar-refractivity contribution in [2.75, 3.05) is 0 Å². The Balaban J connectivity index is 1.16. The summed E-state index contributed by atoms with van der Waals surface area (Å²) in [6, 6.07) is 77.9. The minimum absolute atomic E-state index is 1.22. The highest BCUT2D eigenvalue weighted by Crippen LogP contribution is 2.57. The third kappa shape index (κ3) is 3.66. The number of para-hydroxylation sites is 6. The molecule has 0 amide bonds. The highest BCUT2D eigenvalue weighted by molar-refractivity contribution is 6.44. The van der Waals surface area contributed by atoms with Gasteiger partial charge in [-0.05, 0) is 47.5 Å². The minimum Gasteiger partial charge on any atom is -0.307 e. The molecule has 318 valence electrons. The molecule has 8 aromatic heterocycles. The average Bonchev–Trinajstić information content (AvgIpc) is 4.31. The zero-order valence-corrected chi connectivity index (χ0v) is 37.4. The smallest absolute Gasteiger partial charge is 0.0642 e. The molecule has 0 atom stereocenters. The predicted octanol–water partition coefficient (Wildman–Crippen LogP) is 17.6. The van der Waals surface area contributed by atoms with Crippen molar-refractivity contribution < 1.29 is 0 Å². The number of hydrogen-bond donors (Lipinski definition) is 0. The van der Waals surface area contributed by atoms with Crippen molar-refractivity contribution in [2.24, 2.45) is 0 Å². The summed E-state index contributed by atoms with van der Waals surface area (Å²) in [5, 5.41) is 20.7. The van der Waals surface area contributed by atoms with E-state index in [2.05, 4.69) is 224 Å².